The predicted octanol–water partition coefficient (Wildman–Crippen LogP) is 14.2. The highest BCUT2D eigenvalue weighted by Crippen LogP contribution is 2.36. The highest BCUT2D eigenvalue weighted by Gasteiger charge is 2.32. The first-order valence-electron chi connectivity index (χ1n) is 32.0. The third kappa shape index (κ3) is 22.4. The molecule has 10 rings (SSSR count). The van der Waals surface area contributed by atoms with Crippen molar-refractivity contribution in [1.82, 2.24) is 20.6 Å². The van der Waals surface area contributed by atoms with Gasteiger partial charge in [0.05, 0.1) is 73.2 Å². The standard InChI is InChI=1S/C39H41F3N4O5S.C35H33F3N4O5S/c1-38(2,3)51-35(47)13-19-52-25-27-7-4-8-28(20-27)37(49)45-33-11-10-31(46-15-17-50-18-16-46)23-32(33)34-22-29(12-14-43-34)36(48)44-24-26-6-5-9-30(21-26)39(40,41)42;36-35(37,38)27-6-2-3-23(18-27)21-40-33(45)26-9-11-39-31(19-26)29-20-28(42-12-14-47-15-13-42)7-8-30(29)41-34(46)25-5-1-4-24(17-25)22-48-16-10-32(43)44/h4-12,14,20-23H,13,15-19,24-25H2,1-3H3,(H,44,48)(H,45,49);1-9,11,17-20H,10,12-16,21-22H2,(H,40,45)(H,41,46)(H,43,44). The minimum atomic E-state index is -4.49. The van der Waals surface area contributed by atoms with Gasteiger partial charge in [0.15, 0.2) is 0 Å². The Balaban J connectivity index is 0.000000234. The van der Waals surface area contributed by atoms with E-state index in [1.54, 1.807) is 60.3 Å². The summed E-state index contributed by atoms with van der Waals surface area (Å²) in [6, 6.07) is 41.3. The summed E-state index contributed by atoms with van der Waals surface area (Å²) in [7, 11) is 0. The maximum absolute atomic E-state index is 13.6. The number of carbonyl (C=O) groups is 6. The van der Waals surface area contributed by atoms with Crippen molar-refractivity contribution >= 4 is 81.8 Å². The Bertz CT molecular complexity index is 4200. The Hall–Kier alpha value is -9.76. The van der Waals surface area contributed by atoms with Gasteiger partial charge in [-0.05, 0) is 152 Å². The molecule has 2 aliphatic heterocycles. The lowest BCUT2D eigenvalue weighted by molar-refractivity contribution is -0.154. The summed E-state index contributed by atoms with van der Waals surface area (Å²) in [6.45, 7) is 10.3. The van der Waals surface area contributed by atoms with E-state index < -0.39 is 46.9 Å². The van der Waals surface area contributed by atoms with Crippen LogP contribution in [0.3, 0.4) is 0 Å². The molecule has 2 fully saturated rings. The number of hydrogen-bond acceptors (Lipinski definition) is 15. The second kappa shape index (κ2) is 34.8. The van der Waals surface area contributed by atoms with Crippen LogP contribution in [0.25, 0.3) is 22.5 Å². The van der Waals surface area contributed by atoms with Gasteiger partial charge in [-0.3, -0.25) is 38.7 Å². The van der Waals surface area contributed by atoms with Crippen molar-refractivity contribution in [2.24, 2.45) is 0 Å². The quantitative estimate of drug-likeness (QED) is 0.0215. The molecule has 0 bridgehead atoms. The van der Waals surface area contributed by atoms with Gasteiger partial charge in [-0.15, -0.1) is 0 Å². The number of ether oxygens (including phenoxy) is 3. The van der Waals surface area contributed by atoms with E-state index in [1.165, 1.54) is 60.6 Å². The number of carbonyl (C=O) groups excluding carboxylic acids is 5. The van der Waals surface area contributed by atoms with Gasteiger partial charge in [0, 0.05) is 119 Å². The van der Waals surface area contributed by atoms with Crippen LogP contribution in [0.2, 0.25) is 0 Å². The van der Waals surface area contributed by atoms with Gasteiger partial charge < -0.3 is 50.4 Å². The van der Waals surface area contributed by atoms with Crippen molar-refractivity contribution in [2.45, 2.75) is 76.2 Å². The molecule has 2 saturated heterocycles. The van der Waals surface area contributed by atoms with Gasteiger partial charge >= 0.3 is 24.3 Å². The zero-order valence-electron chi connectivity index (χ0n) is 55.0. The van der Waals surface area contributed by atoms with Crippen LogP contribution >= 0.6 is 23.5 Å². The summed E-state index contributed by atoms with van der Waals surface area (Å²) in [6.07, 6.45) is -5.69. The molecule has 18 nitrogen and oxygen atoms in total. The number of pyridine rings is 2. The molecule has 0 spiro atoms. The third-order valence-corrected chi connectivity index (χ3v) is 17.6. The first-order chi connectivity index (χ1) is 47.8. The van der Waals surface area contributed by atoms with E-state index in [4.69, 9.17) is 19.3 Å². The number of amides is 4. The van der Waals surface area contributed by atoms with E-state index in [1.807, 2.05) is 69.3 Å². The molecule has 8 aromatic rings. The fraction of sp³-hybridized carbons (Fsp3) is 0.297. The number of morpholine rings is 2. The first kappa shape index (κ1) is 74.5. The average molecular weight is 1410 g/mol. The van der Waals surface area contributed by atoms with Crippen LogP contribution in [-0.4, -0.2) is 120 Å². The van der Waals surface area contributed by atoms with Crippen LogP contribution < -0.4 is 31.1 Å². The zero-order chi connectivity index (χ0) is 71.4. The van der Waals surface area contributed by atoms with E-state index in [9.17, 15) is 55.1 Å². The van der Waals surface area contributed by atoms with Crippen LogP contribution in [-0.2, 0) is 60.7 Å². The van der Waals surface area contributed by atoms with E-state index in [0.29, 0.717) is 132 Å². The number of thioether (sulfide) groups is 2. The molecular weight excluding hydrogens is 1340 g/mol. The van der Waals surface area contributed by atoms with Crippen LogP contribution in [0.5, 0.6) is 0 Å². The summed E-state index contributed by atoms with van der Waals surface area (Å²) in [5.41, 5.74) is 6.38. The van der Waals surface area contributed by atoms with Gasteiger partial charge in [-0.25, -0.2) is 0 Å². The number of nitrogens with zero attached hydrogens (tertiary/aromatic N) is 4. The molecule has 0 saturated carbocycles. The number of carboxylic acids is 1. The summed E-state index contributed by atoms with van der Waals surface area (Å²) in [5, 5.41) is 20.2. The fourth-order valence-corrected chi connectivity index (χ4v) is 12.3. The summed E-state index contributed by atoms with van der Waals surface area (Å²) in [5.74, 6) is -0.587. The van der Waals surface area contributed by atoms with Crippen molar-refractivity contribution in [3.63, 3.8) is 0 Å². The molecule has 0 aliphatic carbocycles. The van der Waals surface area contributed by atoms with Crippen molar-refractivity contribution in [3.8, 4) is 22.5 Å². The third-order valence-electron chi connectivity index (χ3n) is 15.5. The monoisotopic (exact) mass is 1410 g/mol. The van der Waals surface area contributed by atoms with E-state index >= 15 is 0 Å². The van der Waals surface area contributed by atoms with Gasteiger partial charge in [0.1, 0.15) is 5.60 Å². The highest BCUT2D eigenvalue weighted by molar-refractivity contribution is 7.98. The lowest BCUT2D eigenvalue weighted by Gasteiger charge is -2.29. The smallest absolute Gasteiger partial charge is 0.416 e. The Labute approximate surface area is 583 Å². The number of hydrogen-bond donors (Lipinski definition) is 5. The maximum atomic E-state index is 13.6. The zero-order valence-corrected chi connectivity index (χ0v) is 56.6. The average Bonchev–Trinajstić information content (AvgIpc) is 0.803. The number of anilines is 4. The minimum Gasteiger partial charge on any atom is -0.481 e. The number of aliphatic carboxylic acids is 1. The Morgan fingerprint density at radius 1 is 0.490 bits per heavy atom. The number of esters is 1. The van der Waals surface area contributed by atoms with Crippen molar-refractivity contribution < 1.29 is 74.4 Å². The SMILES string of the molecule is CC(C)(C)OC(=O)CCSCc1cccc(C(=O)Nc2ccc(N3CCOCC3)cc2-c2cc(C(=O)NCc3cccc(C(F)(F)F)c3)ccn2)c1.O=C(O)CCSCc1cccc(C(=O)Nc2ccc(N3CCOCC3)cc2-c2cc(C(=O)NCc3cccc(C(F)(F)F)c3)ccn2)c1. The van der Waals surface area contributed by atoms with Crippen LogP contribution in [0.4, 0.5) is 49.1 Å². The number of nitrogens with one attached hydrogen (secondary N) is 4. The molecule has 2 aromatic heterocycles. The number of aromatic nitrogens is 2. The second-order valence-electron chi connectivity index (χ2n) is 24.2. The predicted molar refractivity (Wildman–Crippen MR) is 374 cm³/mol. The normalized spacial score (nSPS) is 13.3. The summed E-state index contributed by atoms with van der Waals surface area (Å²) in [4.78, 5) is 89.6. The Morgan fingerprint density at radius 2 is 0.890 bits per heavy atom. The maximum Gasteiger partial charge on any atom is 0.416 e. The van der Waals surface area contributed by atoms with Gasteiger partial charge in [0.2, 0.25) is 0 Å². The number of halogens is 6. The summed E-state index contributed by atoms with van der Waals surface area (Å²) < 4.78 is 95.4. The Morgan fingerprint density at radius 3 is 1.30 bits per heavy atom. The Kier molecular flexibility index (Phi) is 25.9. The molecule has 0 atom stereocenters. The number of alkyl halides is 6. The molecule has 26 heteroatoms. The number of benzene rings is 6. The first-order valence-corrected chi connectivity index (χ1v) is 34.3. The molecule has 5 N–H and O–H groups in total. The highest BCUT2D eigenvalue weighted by atomic mass is 32.2. The van der Waals surface area contributed by atoms with E-state index in [-0.39, 0.29) is 54.8 Å². The van der Waals surface area contributed by atoms with Crippen molar-refractivity contribution in [2.75, 3.05) is 84.5 Å². The van der Waals surface area contributed by atoms with Gasteiger partial charge in [-0.2, -0.15) is 49.9 Å². The molecule has 2 aliphatic rings. The summed E-state index contributed by atoms with van der Waals surface area (Å²) >= 11 is 3.04. The van der Waals surface area contributed by atoms with Crippen molar-refractivity contribution in [3.05, 3.63) is 226 Å². The molecule has 100 heavy (non-hydrogen) atoms. The van der Waals surface area contributed by atoms with Gasteiger partial charge in [0.25, 0.3) is 23.6 Å². The lowest BCUT2D eigenvalue weighted by Crippen LogP contribution is -2.36. The molecule has 6 aromatic carbocycles. The second-order valence-corrected chi connectivity index (χ2v) is 26.4. The topological polar surface area (TPSA) is 231 Å². The van der Waals surface area contributed by atoms with Crippen LogP contribution in [0.1, 0.15) is 108 Å². The molecule has 0 radical (unpaired) electrons. The molecule has 4 amide bonds. The minimum absolute atomic E-state index is 0.0563. The number of rotatable bonds is 24. The van der Waals surface area contributed by atoms with Gasteiger partial charge in [-0.1, -0.05) is 48.5 Å². The molecule has 0 unspecified atom stereocenters. The molecule has 524 valence electrons. The van der Waals surface area contributed by atoms with E-state index in [2.05, 4.69) is 41.0 Å². The number of carboxylic acid groups (broad SMARTS) is 1. The van der Waals surface area contributed by atoms with Crippen LogP contribution in [0, 0.1) is 0 Å². The van der Waals surface area contributed by atoms with Crippen molar-refractivity contribution in [1.29, 1.82) is 0 Å². The largest absolute Gasteiger partial charge is 0.481 e. The fourth-order valence-electron chi connectivity index (χ4n) is 10.5. The van der Waals surface area contributed by atoms with E-state index in [0.717, 1.165) is 46.8 Å². The van der Waals surface area contributed by atoms with Crippen LogP contribution in [0.15, 0.2) is 170 Å². The molecule has 4 heterocycles. The molecular formula is C74H74F6N8O10S2. The lowest BCUT2D eigenvalue weighted by atomic mass is 10.0.